The molecule has 20 heavy (non-hydrogen) atoms. The van der Waals surface area contributed by atoms with Gasteiger partial charge in [0.25, 0.3) is 5.22 Å². The molecule has 0 bridgehead atoms. The summed E-state index contributed by atoms with van der Waals surface area (Å²) in [4.78, 5) is 4.53. The van der Waals surface area contributed by atoms with E-state index in [0.717, 1.165) is 22.6 Å². The van der Waals surface area contributed by atoms with Crippen LogP contribution in [0.4, 0.5) is 0 Å². The molecule has 3 atom stereocenters. The Labute approximate surface area is 127 Å². The molecular formula is C16H28N2OS. The van der Waals surface area contributed by atoms with Crippen LogP contribution < -0.4 is 5.32 Å². The zero-order valence-electron chi connectivity index (χ0n) is 13.6. The first kappa shape index (κ1) is 15.9. The van der Waals surface area contributed by atoms with Crippen LogP contribution in [0.1, 0.15) is 51.5 Å². The van der Waals surface area contributed by atoms with Crippen molar-refractivity contribution >= 4 is 11.8 Å². The number of rotatable bonds is 3. The Morgan fingerprint density at radius 1 is 1.25 bits per heavy atom. The Morgan fingerprint density at radius 3 is 2.45 bits per heavy atom. The summed E-state index contributed by atoms with van der Waals surface area (Å²) < 4.78 is 5.75. The zero-order chi connectivity index (χ0) is 14.9. The van der Waals surface area contributed by atoms with Crippen LogP contribution in [0.15, 0.2) is 9.64 Å². The molecule has 1 fully saturated rings. The van der Waals surface area contributed by atoms with Crippen LogP contribution in [0.2, 0.25) is 0 Å². The summed E-state index contributed by atoms with van der Waals surface area (Å²) >= 11 is 1.81. The number of hydrogen-bond acceptors (Lipinski definition) is 4. The molecule has 3 nitrogen and oxygen atoms in total. The van der Waals surface area contributed by atoms with E-state index in [4.69, 9.17) is 4.42 Å². The molecule has 114 valence electrons. The van der Waals surface area contributed by atoms with Crippen molar-refractivity contribution in [3.05, 3.63) is 11.5 Å². The second kappa shape index (κ2) is 6.10. The van der Waals surface area contributed by atoms with E-state index in [2.05, 4.69) is 38.1 Å². The lowest BCUT2D eigenvalue weighted by atomic mass is 9.71. The summed E-state index contributed by atoms with van der Waals surface area (Å²) in [5, 5.41) is 4.86. The van der Waals surface area contributed by atoms with Gasteiger partial charge in [-0.3, -0.25) is 0 Å². The minimum atomic E-state index is 0.389. The van der Waals surface area contributed by atoms with Gasteiger partial charge in [0, 0.05) is 11.3 Å². The zero-order valence-corrected chi connectivity index (χ0v) is 14.4. The van der Waals surface area contributed by atoms with Crippen molar-refractivity contribution in [1.82, 2.24) is 10.3 Å². The van der Waals surface area contributed by atoms with Crippen molar-refractivity contribution < 1.29 is 4.42 Å². The lowest BCUT2D eigenvalue weighted by Crippen LogP contribution is -2.43. The van der Waals surface area contributed by atoms with E-state index in [1.165, 1.54) is 19.3 Å². The van der Waals surface area contributed by atoms with E-state index in [9.17, 15) is 0 Å². The Bertz CT molecular complexity index is 430. The van der Waals surface area contributed by atoms with Gasteiger partial charge in [-0.05, 0) is 51.5 Å². The first-order valence-corrected chi connectivity index (χ1v) is 8.47. The third-order valence-electron chi connectivity index (χ3n) is 4.65. The highest BCUT2D eigenvalue weighted by atomic mass is 32.2. The van der Waals surface area contributed by atoms with Crippen LogP contribution in [0, 0.1) is 25.2 Å². The Hall–Kier alpha value is -0.480. The molecule has 0 aromatic carbocycles. The van der Waals surface area contributed by atoms with E-state index < -0.39 is 0 Å². The maximum atomic E-state index is 5.75. The maximum Gasteiger partial charge on any atom is 0.256 e. The molecule has 1 aromatic rings. The van der Waals surface area contributed by atoms with Gasteiger partial charge in [0.15, 0.2) is 0 Å². The first-order valence-electron chi connectivity index (χ1n) is 7.59. The molecule has 2 rings (SSSR count). The SMILES string of the molecule is CNC1CCC(C(C)(C)C)CC1Sc1nc(C)c(C)o1. The van der Waals surface area contributed by atoms with Crippen LogP contribution in [0.25, 0.3) is 0 Å². The molecular weight excluding hydrogens is 268 g/mol. The maximum absolute atomic E-state index is 5.75. The number of aryl methyl sites for hydroxylation is 2. The van der Waals surface area contributed by atoms with Crippen LogP contribution in [0.3, 0.4) is 0 Å². The fourth-order valence-electron chi connectivity index (χ4n) is 3.00. The largest absolute Gasteiger partial charge is 0.437 e. The molecule has 1 aliphatic carbocycles. The van der Waals surface area contributed by atoms with Crippen molar-refractivity contribution in [3.8, 4) is 0 Å². The predicted molar refractivity (Wildman–Crippen MR) is 85.3 cm³/mol. The van der Waals surface area contributed by atoms with Crippen molar-refractivity contribution in [2.75, 3.05) is 7.05 Å². The van der Waals surface area contributed by atoms with E-state index >= 15 is 0 Å². The fourth-order valence-corrected chi connectivity index (χ4v) is 4.39. The molecule has 1 heterocycles. The number of hydrogen-bond donors (Lipinski definition) is 1. The minimum absolute atomic E-state index is 0.389. The number of nitrogens with one attached hydrogen (secondary N) is 1. The van der Waals surface area contributed by atoms with Crippen LogP contribution in [0.5, 0.6) is 0 Å². The highest BCUT2D eigenvalue weighted by Gasteiger charge is 2.36. The van der Waals surface area contributed by atoms with E-state index in [1.54, 1.807) is 0 Å². The molecule has 1 N–H and O–H groups in total. The molecule has 1 saturated carbocycles. The van der Waals surface area contributed by atoms with Gasteiger partial charge in [-0.2, -0.15) is 0 Å². The molecule has 1 aliphatic rings. The molecule has 1 aromatic heterocycles. The van der Waals surface area contributed by atoms with Crippen molar-refractivity contribution in [2.24, 2.45) is 11.3 Å². The monoisotopic (exact) mass is 296 g/mol. The Morgan fingerprint density at radius 2 is 1.95 bits per heavy atom. The first-order chi connectivity index (χ1) is 9.31. The second-order valence-corrected chi connectivity index (χ2v) is 8.24. The lowest BCUT2D eigenvalue weighted by Gasteiger charge is -2.41. The van der Waals surface area contributed by atoms with E-state index in [1.807, 2.05) is 25.6 Å². The van der Waals surface area contributed by atoms with E-state index in [-0.39, 0.29) is 0 Å². The third-order valence-corrected chi connectivity index (χ3v) is 5.85. The predicted octanol–water partition coefficient (Wildman–Crippen LogP) is 4.19. The summed E-state index contributed by atoms with van der Waals surface area (Å²) in [6, 6.07) is 0.561. The van der Waals surface area contributed by atoms with Gasteiger partial charge in [-0.15, -0.1) is 0 Å². The molecule has 0 amide bonds. The molecule has 0 spiro atoms. The van der Waals surface area contributed by atoms with Crippen LogP contribution in [-0.2, 0) is 0 Å². The van der Waals surface area contributed by atoms with Gasteiger partial charge in [-0.25, -0.2) is 4.98 Å². The van der Waals surface area contributed by atoms with Gasteiger partial charge in [0.05, 0.1) is 5.69 Å². The Balaban J connectivity index is 2.09. The highest BCUT2D eigenvalue weighted by molar-refractivity contribution is 7.99. The lowest BCUT2D eigenvalue weighted by molar-refractivity contribution is 0.166. The minimum Gasteiger partial charge on any atom is -0.437 e. The van der Waals surface area contributed by atoms with Gasteiger partial charge in [0.1, 0.15) is 5.76 Å². The summed E-state index contributed by atoms with van der Waals surface area (Å²) in [5.41, 5.74) is 1.40. The molecule has 0 aliphatic heterocycles. The summed E-state index contributed by atoms with van der Waals surface area (Å²) in [6.45, 7) is 11.1. The average Bonchev–Trinajstić information content (AvgIpc) is 2.67. The average molecular weight is 296 g/mol. The normalized spacial score (nSPS) is 27.8. The van der Waals surface area contributed by atoms with Crippen LogP contribution >= 0.6 is 11.8 Å². The molecule has 0 saturated heterocycles. The summed E-state index contributed by atoms with van der Waals surface area (Å²) in [6.07, 6.45) is 3.80. The van der Waals surface area contributed by atoms with Gasteiger partial charge < -0.3 is 9.73 Å². The quantitative estimate of drug-likeness (QED) is 0.908. The highest BCUT2D eigenvalue weighted by Crippen LogP contribution is 2.43. The second-order valence-electron chi connectivity index (χ2n) is 7.05. The number of nitrogens with zero attached hydrogens (tertiary/aromatic N) is 1. The van der Waals surface area contributed by atoms with Gasteiger partial charge in [-0.1, -0.05) is 32.5 Å². The smallest absolute Gasteiger partial charge is 0.256 e. The van der Waals surface area contributed by atoms with Crippen molar-refractivity contribution in [3.63, 3.8) is 0 Å². The van der Waals surface area contributed by atoms with Crippen molar-refractivity contribution in [2.45, 2.75) is 70.4 Å². The fraction of sp³-hybridized carbons (Fsp3) is 0.812. The molecule has 3 unspecified atom stereocenters. The van der Waals surface area contributed by atoms with Crippen molar-refractivity contribution in [1.29, 1.82) is 0 Å². The third kappa shape index (κ3) is 3.59. The number of oxazole rings is 1. The standard InChI is InChI=1S/C16H28N2OS/c1-10-11(2)19-15(18-10)20-14-9-12(16(3,4)5)7-8-13(14)17-6/h12-14,17H,7-9H2,1-6H3. The topological polar surface area (TPSA) is 38.1 Å². The Kier molecular flexibility index (Phi) is 4.85. The number of thioether (sulfide) groups is 1. The summed E-state index contributed by atoms with van der Waals surface area (Å²) in [5.74, 6) is 1.72. The molecule has 0 radical (unpaired) electrons. The van der Waals surface area contributed by atoms with Gasteiger partial charge >= 0.3 is 0 Å². The van der Waals surface area contributed by atoms with E-state index in [0.29, 0.717) is 16.7 Å². The number of aromatic nitrogens is 1. The summed E-state index contributed by atoms with van der Waals surface area (Å²) in [7, 11) is 2.07. The van der Waals surface area contributed by atoms with Crippen LogP contribution in [-0.4, -0.2) is 23.3 Å². The molecule has 4 heteroatoms. The van der Waals surface area contributed by atoms with Gasteiger partial charge in [0.2, 0.25) is 0 Å².